The number of benzene rings is 2. The molecule has 2 aromatic carbocycles. The molecule has 0 spiro atoms. The van der Waals surface area contributed by atoms with E-state index < -0.39 is 5.91 Å². The van der Waals surface area contributed by atoms with Gasteiger partial charge in [-0.1, -0.05) is 35.3 Å². The largest absolute Gasteiger partial charge is 0.451 e. The third-order valence-electron chi connectivity index (χ3n) is 5.25. The summed E-state index contributed by atoms with van der Waals surface area (Å²) in [7, 11) is 2.12. The predicted octanol–water partition coefficient (Wildman–Crippen LogP) is 5.13. The van der Waals surface area contributed by atoms with Crippen LogP contribution in [0.4, 0.5) is 11.4 Å². The van der Waals surface area contributed by atoms with E-state index in [9.17, 15) is 4.79 Å². The molecule has 1 aliphatic heterocycles. The van der Waals surface area contributed by atoms with Crippen molar-refractivity contribution >= 4 is 57.8 Å². The number of anilines is 2. The first-order valence-electron chi connectivity index (χ1n) is 10.1. The molecule has 4 rings (SSSR count). The average Bonchev–Trinajstić information content (AvgIpc) is 3.25. The maximum Gasteiger partial charge on any atom is 0.293 e. The van der Waals surface area contributed by atoms with Gasteiger partial charge in [0.05, 0.1) is 16.4 Å². The minimum atomic E-state index is -0.448. The highest BCUT2D eigenvalue weighted by atomic mass is 35.5. The highest BCUT2D eigenvalue weighted by molar-refractivity contribution is 7.80. The molecule has 2 N–H and O–H groups in total. The van der Waals surface area contributed by atoms with E-state index in [1.54, 1.807) is 30.3 Å². The zero-order valence-electron chi connectivity index (χ0n) is 17.4. The SMILES string of the molecule is CN1CCN(c2ccccc2NC(=S)NC(=O)c2ccc(-c3ccc(Cl)cc3Cl)o2)CC1. The van der Waals surface area contributed by atoms with Gasteiger partial charge in [0.15, 0.2) is 10.9 Å². The second-order valence-electron chi connectivity index (χ2n) is 7.50. The summed E-state index contributed by atoms with van der Waals surface area (Å²) in [6.07, 6.45) is 0. The molecule has 0 unspecified atom stereocenters. The van der Waals surface area contributed by atoms with Crippen LogP contribution < -0.4 is 15.5 Å². The minimum Gasteiger partial charge on any atom is -0.451 e. The fourth-order valence-electron chi connectivity index (χ4n) is 3.51. The first-order chi connectivity index (χ1) is 15.4. The summed E-state index contributed by atoms with van der Waals surface area (Å²) in [5.74, 6) is 0.148. The van der Waals surface area contributed by atoms with Crippen molar-refractivity contribution in [1.29, 1.82) is 0 Å². The summed E-state index contributed by atoms with van der Waals surface area (Å²) in [6.45, 7) is 3.84. The third-order valence-corrected chi connectivity index (χ3v) is 6.00. The lowest BCUT2D eigenvalue weighted by Crippen LogP contribution is -2.45. The van der Waals surface area contributed by atoms with Gasteiger partial charge in [-0.05, 0) is 61.7 Å². The fourth-order valence-corrected chi connectivity index (χ4v) is 4.22. The number of rotatable bonds is 4. The standard InChI is InChI=1S/C23H22Cl2N4O2S/c1-28-10-12-29(13-11-28)19-5-3-2-4-18(19)26-23(32)27-22(30)21-9-8-20(31-21)16-7-6-15(24)14-17(16)25/h2-9,14H,10-13H2,1H3,(H2,26,27,30,32). The molecule has 3 aromatic rings. The van der Waals surface area contributed by atoms with Gasteiger partial charge in [-0.15, -0.1) is 0 Å². The van der Waals surface area contributed by atoms with Gasteiger partial charge in [-0.3, -0.25) is 10.1 Å². The number of furan rings is 1. The van der Waals surface area contributed by atoms with Crippen LogP contribution in [0.15, 0.2) is 59.0 Å². The second-order valence-corrected chi connectivity index (χ2v) is 8.76. The van der Waals surface area contributed by atoms with Crippen LogP contribution in [-0.4, -0.2) is 49.1 Å². The van der Waals surface area contributed by atoms with E-state index in [2.05, 4.69) is 27.5 Å². The maximum atomic E-state index is 12.6. The van der Waals surface area contributed by atoms with E-state index in [1.807, 2.05) is 24.3 Å². The molecular weight excluding hydrogens is 467 g/mol. The van der Waals surface area contributed by atoms with Gasteiger partial charge in [0.2, 0.25) is 0 Å². The number of nitrogens with zero attached hydrogens (tertiary/aromatic N) is 2. The van der Waals surface area contributed by atoms with Gasteiger partial charge >= 0.3 is 0 Å². The van der Waals surface area contributed by atoms with Crippen molar-refractivity contribution in [2.24, 2.45) is 0 Å². The molecular formula is C23H22Cl2N4O2S. The Morgan fingerprint density at radius 2 is 1.78 bits per heavy atom. The molecule has 1 saturated heterocycles. The number of carbonyl (C=O) groups is 1. The van der Waals surface area contributed by atoms with E-state index in [-0.39, 0.29) is 10.9 Å². The molecule has 1 amide bonds. The van der Waals surface area contributed by atoms with Gasteiger partial charge in [0.25, 0.3) is 5.91 Å². The molecule has 1 aliphatic rings. The zero-order chi connectivity index (χ0) is 22.7. The smallest absolute Gasteiger partial charge is 0.293 e. The lowest BCUT2D eigenvalue weighted by atomic mass is 10.2. The first-order valence-corrected chi connectivity index (χ1v) is 11.3. The molecule has 6 nitrogen and oxygen atoms in total. The van der Waals surface area contributed by atoms with Crippen LogP contribution in [0.1, 0.15) is 10.6 Å². The molecule has 9 heteroatoms. The lowest BCUT2D eigenvalue weighted by molar-refractivity contribution is 0.0951. The third kappa shape index (κ3) is 5.24. The number of halogens is 2. The van der Waals surface area contributed by atoms with Gasteiger partial charge in [0, 0.05) is 36.8 Å². The van der Waals surface area contributed by atoms with Crippen molar-refractivity contribution in [3.63, 3.8) is 0 Å². The fraction of sp³-hybridized carbons (Fsp3) is 0.217. The van der Waals surface area contributed by atoms with Gasteiger partial charge in [-0.25, -0.2) is 0 Å². The Balaban J connectivity index is 1.42. The Labute approximate surface area is 202 Å². The second kappa shape index (κ2) is 9.92. The minimum absolute atomic E-state index is 0.127. The maximum absolute atomic E-state index is 12.6. The van der Waals surface area contributed by atoms with Crippen molar-refractivity contribution in [3.05, 3.63) is 70.4 Å². The molecule has 32 heavy (non-hydrogen) atoms. The molecule has 1 fully saturated rings. The highest BCUT2D eigenvalue weighted by Crippen LogP contribution is 2.31. The van der Waals surface area contributed by atoms with Crippen LogP contribution in [0.3, 0.4) is 0 Å². The average molecular weight is 489 g/mol. The van der Waals surface area contributed by atoms with Crippen LogP contribution in [-0.2, 0) is 0 Å². The monoisotopic (exact) mass is 488 g/mol. The molecule has 166 valence electrons. The molecule has 2 heterocycles. The molecule has 0 radical (unpaired) electrons. The summed E-state index contributed by atoms with van der Waals surface area (Å²) < 4.78 is 5.69. The van der Waals surface area contributed by atoms with Crippen LogP contribution >= 0.6 is 35.4 Å². The number of piperazine rings is 1. The Bertz CT molecular complexity index is 1140. The van der Waals surface area contributed by atoms with Crippen molar-refractivity contribution < 1.29 is 9.21 Å². The highest BCUT2D eigenvalue weighted by Gasteiger charge is 2.19. The normalized spacial score (nSPS) is 14.3. The predicted molar refractivity (Wildman–Crippen MR) is 134 cm³/mol. The van der Waals surface area contributed by atoms with E-state index in [0.717, 1.165) is 37.6 Å². The zero-order valence-corrected chi connectivity index (χ0v) is 19.7. The number of hydrogen-bond acceptors (Lipinski definition) is 5. The van der Waals surface area contributed by atoms with E-state index in [1.165, 1.54) is 0 Å². The van der Waals surface area contributed by atoms with Crippen molar-refractivity contribution in [2.45, 2.75) is 0 Å². The van der Waals surface area contributed by atoms with Crippen molar-refractivity contribution in [2.75, 3.05) is 43.4 Å². The number of hydrogen-bond donors (Lipinski definition) is 2. The number of nitrogens with one attached hydrogen (secondary N) is 2. The van der Waals surface area contributed by atoms with Crippen molar-refractivity contribution in [3.8, 4) is 11.3 Å². The number of likely N-dealkylation sites (N-methyl/N-ethyl adjacent to an activating group) is 1. The summed E-state index contributed by atoms with van der Waals surface area (Å²) in [5.41, 5.74) is 2.54. The lowest BCUT2D eigenvalue weighted by Gasteiger charge is -2.35. The number of carbonyl (C=O) groups excluding carboxylic acids is 1. The molecule has 0 bridgehead atoms. The van der Waals surface area contributed by atoms with Crippen LogP contribution in [0.5, 0.6) is 0 Å². The van der Waals surface area contributed by atoms with E-state index in [4.69, 9.17) is 39.8 Å². The molecule has 1 aromatic heterocycles. The van der Waals surface area contributed by atoms with Crippen LogP contribution in [0, 0.1) is 0 Å². The first kappa shape index (κ1) is 22.6. The van der Waals surface area contributed by atoms with Crippen molar-refractivity contribution in [1.82, 2.24) is 10.2 Å². The topological polar surface area (TPSA) is 60.8 Å². The summed E-state index contributed by atoms with van der Waals surface area (Å²) in [4.78, 5) is 17.3. The molecule has 0 saturated carbocycles. The van der Waals surface area contributed by atoms with E-state index in [0.29, 0.717) is 21.4 Å². The Hall–Kier alpha value is -2.58. The quantitative estimate of drug-likeness (QED) is 0.496. The molecule has 0 aliphatic carbocycles. The van der Waals surface area contributed by atoms with Gasteiger partial charge in [0.1, 0.15) is 5.76 Å². The number of amides is 1. The summed E-state index contributed by atoms with van der Waals surface area (Å²) >= 11 is 17.6. The van der Waals surface area contributed by atoms with Gasteiger partial charge < -0.3 is 19.5 Å². The summed E-state index contributed by atoms with van der Waals surface area (Å²) in [6, 6.07) is 16.3. The van der Waals surface area contributed by atoms with E-state index >= 15 is 0 Å². The molecule has 0 atom stereocenters. The Kier molecular flexibility index (Phi) is 7.01. The van der Waals surface area contributed by atoms with Crippen LogP contribution in [0.25, 0.3) is 11.3 Å². The Morgan fingerprint density at radius 1 is 1.03 bits per heavy atom. The van der Waals surface area contributed by atoms with Gasteiger partial charge in [-0.2, -0.15) is 0 Å². The van der Waals surface area contributed by atoms with Crippen LogP contribution in [0.2, 0.25) is 10.0 Å². The Morgan fingerprint density at radius 3 is 2.53 bits per heavy atom. The summed E-state index contributed by atoms with van der Waals surface area (Å²) in [5, 5.41) is 6.98. The number of para-hydroxylation sites is 2. The number of thiocarbonyl (C=S) groups is 1.